The zero-order valence-electron chi connectivity index (χ0n) is 11.2. The Labute approximate surface area is 122 Å². The van der Waals surface area contributed by atoms with E-state index in [1.165, 1.54) is 5.56 Å². The molecule has 0 radical (unpaired) electrons. The molecule has 0 spiro atoms. The lowest BCUT2D eigenvalue weighted by Crippen LogP contribution is -2.45. The van der Waals surface area contributed by atoms with Gasteiger partial charge in [0.1, 0.15) is 5.75 Å². The molecule has 2 unspecified atom stereocenters. The first kappa shape index (κ1) is 14.8. The molecule has 1 heterocycles. The Balaban J connectivity index is 2.08. The normalized spacial score (nSPS) is 21.1. The molecule has 1 aromatic rings. The van der Waals surface area contributed by atoms with Crippen LogP contribution in [0.25, 0.3) is 0 Å². The summed E-state index contributed by atoms with van der Waals surface area (Å²) in [6, 6.07) is 6.24. The first-order valence-corrected chi connectivity index (χ1v) is 7.40. The average molecular weight is 329 g/mol. The lowest BCUT2D eigenvalue weighted by molar-refractivity contribution is 0.0393. The number of benzene rings is 1. The number of hydrazine groups is 1. The quantitative estimate of drug-likeness (QED) is 0.643. The van der Waals surface area contributed by atoms with Crippen molar-refractivity contribution in [3.63, 3.8) is 0 Å². The van der Waals surface area contributed by atoms with E-state index in [0.717, 1.165) is 42.7 Å². The highest BCUT2D eigenvalue weighted by molar-refractivity contribution is 9.10. The van der Waals surface area contributed by atoms with Gasteiger partial charge in [-0.1, -0.05) is 15.9 Å². The van der Waals surface area contributed by atoms with Crippen LogP contribution < -0.4 is 16.0 Å². The van der Waals surface area contributed by atoms with Crippen molar-refractivity contribution in [2.45, 2.75) is 25.3 Å². The molecule has 2 atom stereocenters. The highest BCUT2D eigenvalue weighted by Gasteiger charge is 2.24. The second kappa shape index (κ2) is 7.24. The molecule has 1 fully saturated rings. The van der Waals surface area contributed by atoms with Crippen LogP contribution in [0.5, 0.6) is 5.75 Å². The largest absolute Gasteiger partial charge is 0.497 e. The van der Waals surface area contributed by atoms with Gasteiger partial charge in [-0.05, 0) is 48.9 Å². The molecule has 1 aliphatic rings. The second-order valence-corrected chi connectivity index (χ2v) is 5.77. The number of ether oxygens (including phenoxy) is 2. The molecule has 3 N–H and O–H groups in total. The highest BCUT2D eigenvalue weighted by Crippen LogP contribution is 2.26. The third kappa shape index (κ3) is 3.92. The van der Waals surface area contributed by atoms with Crippen molar-refractivity contribution in [1.29, 1.82) is 0 Å². The summed E-state index contributed by atoms with van der Waals surface area (Å²) in [4.78, 5) is 0. The SMILES string of the molecule is COc1ccc(Br)c(CC(NN)C2CCCOC2)c1. The monoisotopic (exact) mass is 328 g/mol. The van der Waals surface area contributed by atoms with E-state index >= 15 is 0 Å². The van der Waals surface area contributed by atoms with E-state index in [1.807, 2.05) is 12.1 Å². The maximum Gasteiger partial charge on any atom is 0.119 e. The summed E-state index contributed by atoms with van der Waals surface area (Å²) < 4.78 is 11.9. The van der Waals surface area contributed by atoms with Crippen LogP contribution in [0.1, 0.15) is 18.4 Å². The van der Waals surface area contributed by atoms with Gasteiger partial charge in [-0.2, -0.15) is 0 Å². The van der Waals surface area contributed by atoms with Crippen molar-refractivity contribution < 1.29 is 9.47 Å². The minimum absolute atomic E-state index is 0.226. The van der Waals surface area contributed by atoms with E-state index in [2.05, 4.69) is 27.4 Å². The molecule has 5 heteroatoms. The molecule has 0 aromatic heterocycles. The van der Waals surface area contributed by atoms with Gasteiger partial charge in [-0.25, -0.2) is 0 Å². The van der Waals surface area contributed by atoms with Crippen molar-refractivity contribution in [3.05, 3.63) is 28.2 Å². The van der Waals surface area contributed by atoms with E-state index in [4.69, 9.17) is 15.3 Å². The number of nitrogens with two attached hydrogens (primary N) is 1. The predicted molar refractivity (Wildman–Crippen MR) is 79.1 cm³/mol. The van der Waals surface area contributed by atoms with E-state index in [0.29, 0.717) is 5.92 Å². The smallest absolute Gasteiger partial charge is 0.119 e. The maximum absolute atomic E-state index is 5.72. The van der Waals surface area contributed by atoms with E-state index in [9.17, 15) is 0 Å². The Bertz CT molecular complexity index is 408. The van der Waals surface area contributed by atoms with Gasteiger partial charge in [0.2, 0.25) is 0 Å². The molecule has 0 aliphatic carbocycles. The summed E-state index contributed by atoms with van der Waals surface area (Å²) in [7, 11) is 1.68. The minimum Gasteiger partial charge on any atom is -0.497 e. The van der Waals surface area contributed by atoms with Gasteiger partial charge in [0.15, 0.2) is 0 Å². The third-order valence-electron chi connectivity index (χ3n) is 3.67. The first-order valence-electron chi connectivity index (χ1n) is 6.61. The molecule has 1 aliphatic heterocycles. The summed E-state index contributed by atoms with van der Waals surface area (Å²) in [6.45, 7) is 1.66. The van der Waals surface area contributed by atoms with Crippen LogP contribution in [0.15, 0.2) is 22.7 Å². The lowest BCUT2D eigenvalue weighted by atomic mass is 9.89. The highest BCUT2D eigenvalue weighted by atomic mass is 79.9. The Morgan fingerprint density at radius 3 is 3.05 bits per heavy atom. The molecular weight excluding hydrogens is 308 g/mol. The van der Waals surface area contributed by atoms with Gasteiger partial charge in [0, 0.05) is 17.1 Å². The van der Waals surface area contributed by atoms with Crippen molar-refractivity contribution in [3.8, 4) is 5.75 Å². The molecule has 1 saturated heterocycles. The summed E-state index contributed by atoms with van der Waals surface area (Å²) in [5.41, 5.74) is 4.15. The number of hydrogen-bond acceptors (Lipinski definition) is 4. The Morgan fingerprint density at radius 1 is 1.58 bits per heavy atom. The average Bonchev–Trinajstić information content (AvgIpc) is 2.47. The van der Waals surface area contributed by atoms with Crippen molar-refractivity contribution in [1.82, 2.24) is 5.43 Å². The van der Waals surface area contributed by atoms with Gasteiger partial charge in [0.05, 0.1) is 13.7 Å². The van der Waals surface area contributed by atoms with Crippen LogP contribution in [-0.2, 0) is 11.2 Å². The van der Waals surface area contributed by atoms with Crippen molar-refractivity contribution in [2.24, 2.45) is 11.8 Å². The number of rotatable bonds is 5. The topological polar surface area (TPSA) is 56.5 Å². The molecule has 1 aromatic carbocycles. The van der Waals surface area contributed by atoms with Crippen LogP contribution in [-0.4, -0.2) is 26.4 Å². The fourth-order valence-corrected chi connectivity index (χ4v) is 2.92. The fourth-order valence-electron chi connectivity index (χ4n) is 2.52. The molecule has 0 bridgehead atoms. The Hall–Kier alpha value is -0.620. The lowest BCUT2D eigenvalue weighted by Gasteiger charge is -2.30. The van der Waals surface area contributed by atoms with Gasteiger partial charge in [-0.15, -0.1) is 0 Å². The molecule has 106 valence electrons. The molecule has 19 heavy (non-hydrogen) atoms. The first-order chi connectivity index (χ1) is 9.24. The molecular formula is C14H21BrN2O2. The van der Waals surface area contributed by atoms with E-state index in [1.54, 1.807) is 7.11 Å². The predicted octanol–water partition coefficient (Wildman–Crippen LogP) is 2.26. The van der Waals surface area contributed by atoms with E-state index < -0.39 is 0 Å². The van der Waals surface area contributed by atoms with Gasteiger partial charge < -0.3 is 9.47 Å². The van der Waals surface area contributed by atoms with Crippen LogP contribution in [0.4, 0.5) is 0 Å². The standard InChI is InChI=1S/C14H21BrN2O2/c1-18-12-4-5-13(15)11(7-12)8-14(17-16)10-3-2-6-19-9-10/h4-5,7,10,14,17H,2-3,6,8-9,16H2,1H3. The second-order valence-electron chi connectivity index (χ2n) is 4.91. The summed E-state index contributed by atoms with van der Waals surface area (Å²) in [6.07, 6.45) is 3.14. The van der Waals surface area contributed by atoms with Crippen LogP contribution in [0.2, 0.25) is 0 Å². The molecule has 2 rings (SSSR count). The summed E-state index contributed by atoms with van der Waals surface area (Å²) in [5.74, 6) is 7.06. The Kier molecular flexibility index (Phi) is 5.63. The fraction of sp³-hybridized carbons (Fsp3) is 0.571. The summed E-state index contributed by atoms with van der Waals surface area (Å²) in [5, 5.41) is 0. The number of hydrogen-bond donors (Lipinski definition) is 2. The zero-order valence-corrected chi connectivity index (χ0v) is 12.8. The number of methoxy groups -OCH3 is 1. The third-order valence-corrected chi connectivity index (χ3v) is 4.44. The number of nitrogens with one attached hydrogen (secondary N) is 1. The maximum atomic E-state index is 5.72. The van der Waals surface area contributed by atoms with Crippen LogP contribution in [0, 0.1) is 5.92 Å². The molecule has 4 nitrogen and oxygen atoms in total. The summed E-state index contributed by atoms with van der Waals surface area (Å²) >= 11 is 3.59. The van der Waals surface area contributed by atoms with Gasteiger partial charge in [-0.3, -0.25) is 11.3 Å². The zero-order chi connectivity index (χ0) is 13.7. The van der Waals surface area contributed by atoms with Crippen molar-refractivity contribution >= 4 is 15.9 Å². The van der Waals surface area contributed by atoms with Crippen LogP contribution >= 0.6 is 15.9 Å². The van der Waals surface area contributed by atoms with Gasteiger partial charge >= 0.3 is 0 Å². The minimum atomic E-state index is 0.226. The molecule has 0 amide bonds. The van der Waals surface area contributed by atoms with E-state index in [-0.39, 0.29) is 6.04 Å². The van der Waals surface area contributed by atoms with Crippen LogP contribution in [0.3, 0.4) is 0 Å². The van der Waals surface area contributed by atoms with Crippen molar-refractivity contribution in [2.75, 3.05) is 20.3 Å². The molecule has 0 saturated carbocycles. The Morgan fingerprint density at radius 2 is 2.42 bits per heavy atom. The number of halogens is 1. The van der Waals surface area contributed by atoms with Gasteiger partial charge in [0.25, 0.3) is 0 Å².